The summed E-state index contributed by atoms with van der Waals surface area (Å²) in [7, 11) is -1.32. The van der Waals surface area contributed by atoms with Crippen LogP contribution in [0.1, 0.15) is 0 Å². The summed E-state index contributed by atoms with van der Waals surface area (Å²) in [5.41, 5.74) is 6.39. The number of hydrogen-bond acceptors (Lipinski definition) is 4. The molecule has 1 aromatic carbocycles. The van der Waals surface area contributed by atoms with Gasteiger partial charge in [-0.3, -0.25) is 0 Å². The topological polar surface area (TPSA) is 63.4 Å². The molecular weight excluding hydrogens is 231 g/mol. The van der Waals surface area contributed by atoms with Crippen molar-refractivity contribution in [3.63, 3.8) is 0 Å². The van der Waals surface area contributed by atoms with E-state index in [1.54, 1.807) is 18.0 Å². The highest BCUT2D eigenvalue weighted by Crippen LogP contribution is 2.18. The van der Waals surface area contributed by atoms with E-state index >= 15 is 0 Å². The Labute approximate surface area is 94.8 Å². The van der Waals surface area contributed by atoms with Gasteiger partial charge in [-0.2, -0.15) is 0 Å². The summed E-state index contributed by atoms with van der Waals surface area (Å²) in [6.07, 6.45) is 1.17. The summed E-state index contributed by atoms with van der Waals surface area (Å²) in [4.78, 5) is 1.65. The van der Waals surface area contributed by atoms with Gasteiger partial charge in [0.15, 0.2) is 0 Å². The lowest BCUT2D eigenvalue weighted by Crippen LogP contribution is -2.25. The van der Waals surface area contributed by atoms with Gasteiger partial charge in [-0.05, 0) is 18.2 Å². The molecule has 16 heavy (non-hydrogen) atoms. The fourth-order valence-electron chi connectivity index (χ4n) is 1.25. The van der Waals surface area contributed by atoms with Gasteiger partial charge in [-0.1, -0.05) is 0 Å². The minimum Gasteiger partial charge on any atom is -0.399 e. The van der Waals surface area contributed by atoms with Crippen LogP contribution in [0.4, 0.5) is 15.8 Å². The van der Waals surface area contributed by atoms with Gasteiger partial charge in [0.05, 0.1) is 5.75 Å². The first-order valence-electron chi connectivity index (χ1n) is 4.73. The van der Waals surface area contributed by atoms with Crippen LogP contribution in [0, 0.1) is 5.82 Å². The lowest BCUT2D eigenvalue weighted by Gasteiger charge is -2.19. The van der Waals surface area contributed by atoms with Crippen LogP contribution in [0.2, 0.25) is 0 Å². The third-order valence-corrected chi connectivity index (χ3v) is 3.07. The molecule has 0 radical (unpaired) electrons. The van der Waals surface area contributed by atoms with E-state index in [0.717, 1.165) is 0 Å². The maximum atomic E-state index is 13.0. The van der Waals surface area contributed by atoms with Crippen molar-refractivity contribution in [2.45, 2.75) is 0 Å². The first kappa shape index (κ1) is 12.8. The molecule has 1 rings (SSSR count). The van der Waals surface area contributed by atoms with Crippen LogP contribution in [0.3, 0.4) is 0 Å². The highest BCUT2D eigenvalue weighted by atomic mass is 32.2. The van der Waals surface area contributed by atoms with Gasteiger partial charge in [0, 0.05) is 31.2 Å². The Morgan fingerprint density at radius 1 is 1.38 bits per heavy atom. The molecule has 0 heterocycles. The van der Waals surface area contributed by atoms with Crippen molar-refractivity contribution in [2.24, 2.45) is 0 Å². The predicted octanol–water partition coefficient (Wildman–Crippen LogP) is 0.889. The molecule has 6 heteroatoms. The average molecular weight is 246 g/mol. The van der Waals surface area contributed by atoms with Crippen LogP contribution >= 0.6 is 0 Å². The molecule has 0 aliphatic heterocycles. The van der Waals surface area contributed by atoms with Crippen molar-refractivity contribution >= 4 is 21.2 Å². The van der Waals surface area contributed by atoms with E-state index in [9.17, 15) is 12.8 Å². The van der Waals surface area contributed by atoms with Crippen LogP contribution in [0.15, 0.2) is 18.2 Å². The second kappa shape index (κ2) is 4.69. The number of anilines is 2. The Hall–Kier alpha value is -1.30. The summed E-state index contributed by atoms with van der Waals surface area (Å²) in [5.74, 6) is -0.402. The Balaban J connectivity index is 2.76. The number of benzene rings is 1. The average Bonchev–Trinajstić information content (AvgIpc) is 2.11. The smallest absolute Gasteiger partial charge is 0.149 e. The number of nitrogen functional groups attached to an aromatic ring is 1. The molecule has 4 nitrogen and oxygen atoms in total. The largest absolute Gasteiger partial charge is 0.399 e. The molecule has 0 spiro atoms. The predicted molar refractivity (Wildman–Crippen MR) is 63.8 cm³/mol. The SMILES string of the molecule is CN(CCS(C)(=O)=O)c1cc(N)cc(F)c1. The van der Waals surface area contributed by atoms with Gasteiger partial charge in [-0.25, -0.2) is 12.8 Å². The molecule has 0 bridgehead atoms. The van der Waals surface area contributed by atoms with Crippen LogP contribution < -0.4 is 10.6 Å². The van der Waals surface area contributed by atoms with Crippen LogP contribution in [0.25, 0.3) is 0 Å². The molecule has 1 aromatic rings. The molecule has 0 amide bonds. The van der Waals surface area contributed by atoms with Gasteiger partial charge in [0.25, 0.3) is 0 Å². The standard InChI is InChI=1S/C10H15FN2O2S/c1-13(3-4-16(2,14)15)10-6-8(11)5-9(12)7-10/h5-7H,3-4,12H2,1-2H3. The molecule has 0 aliphatic rings. The van der Waals surface area contributed by atoms with Crippen molar-refractivity contribution in [2.75, 3.05) is 36.2 Å². The third kappa shape index (κ3) is 4.06. The molecule has 90 valence electrons. The second-order valence-corrected chi connectivity index (χ2v) is 6.05. The van der Waals surface area contributed by atoms with E-state index in [2.05, 4.69) is 0 Å². The molecule has 0 aliphatic carbocycles. The Kier molecular flexibility index (Phi) is 3.74. The highest BCUT2D eigenvalue weighted by molar-refractivity contribution is 7.90. The second-order valence-electron chi connectivity index (χ2n) is 3.79. The Bertz CT molecular complexity index is 453. The minimum absolute atomic E-state index is 0.0277. The number of rotatable bonds is 4. The zero-order chi connectivity index (χ0) is 12.3. The van der Waals surface area contributed by atoms with Gasteiger partial charge in [0.2, 0.25) is 0 Å². The van der Waals surface area contributed by atoms with Gasteiger partial charge in [-0.15, -0.1) is 0 Å². The van der Waals surface area contributed by atoms with E-state index in [1.807, 2.05) is 0 Å². The van der Waals surface area contributed by atoms with E-state index < -0.39 is 15.7 Å². The normalized spacial score (nSPS) is 11.4. The molecular formula is C10H15FN2O2S. The zero-order valence-corrected chi connectivity index (χ0v) is 10.1. The lowest BCUT2D eigenvalue weighted by molar-refractivity contribution is 0.601. The summed E-state index contributed by atoms with van der Waals surface area (Å²) in [6, 6.07) is 4.14. The van der Waals surface area contributed by atoms with Crippen LogP contribution in [-0.2, 0) is 9.84 Å². The summed E-state index contributed by atoms with van der Waals surface area (Å²) < 4.78 is 35.0. The van der Waals surface area contributed by atoms with E-state index in [4.69, 9.17) is 5.73 Å². The number of nitrogens with two attached hydrogens (primary N) is 1. The fourth-order valence-corrected chi connectivity index (χ4v) is 1.85. The molecule has 2 N–H and O–H groups in total. The quantitative estimate of drug-likeness (QED) is 0.801. The van der Waals surface area contributed by atoms with Crippen molar-refractivity contribution < 1.29 is 12.8 Å². The molecule has 0 aromatic heterocycles. The maximum Gasteiger partial charge on any atom is 0.149 e. The van der Waals surface area contributed by atoms with Crippen molar-refractivity contribution in [1.29, 1.82) is 0 Å². The lowest BCUT2D eigenvalue weighted by atomic mass is 10.2. The van der Waals surface area contributed by atoms with Crippen molar-refractivity contribution in [3.8, 4) is 0 Å². The zero-order valence-electron chi connectivity index (χ0n) is 9.27. The summed E-state index contributed by atoms with van der Waals surface area (Å²) in [6.45, 7) is 0.307. The van der Waals surface area contributed by atoms with E-state index in [0.29, 0.717) is 17.9 Å². The Morgan fingerprint density at radius 3 is 2.50 bits per heavy atom. The number of sulfone groups is 1. The van der Waals surface area contributed by atoms with Gasteiger partial charge in [0.1, 0.15) is 15.7 Å². The molecule has 0 saturated carbocycles. The number of nitrogens with zero attached hydrogens (tertiary/aromatic N) is 1. The monoisotopic (exact) mass is 246 g/mol. The molecule has 0 unspecified atom stereocenters. The first-order chi connectivity index (χ1) is 7.28. The third-order valence-electron chi connectivity index (χ3n) is 2.14. The summed E-state index contributed by atoms with van der Waals surface area (Å²) >= 11 is 0. The van der Waals surface area contributed by atoms with Gasteiger partial charge >= 0.3 is 0 Å². The molecule has 0 saturated heterocycles. The van der Waals surface area contributed by atoms with Gasteiger partial charge < -0.3 is 10.6 Å². The molecule has 0 atom stereocenters. The first-order valence-corrected chi connectivity index (χ1v) is 6.79. The van der Waals surface area contributed by atoms with Crippen molar-refractivity contribution in [3.05, 3.63) is 24.0 Å². The maximum absolute atomic E-state index is 13.0. The van der Waals surface area contributed by atoms with Crippen molar-refractivity contribution in [1.82, 2.24) is 0 Å². The molecule has 0 fully saturated rings. The van der Waals surface area contributed by atoms with Crippen LogP contribution in [0.5, 0.6) is 0 Å². The minimum atomic E-state index is -3.01. The van der Waals surface area contributed by atoms with Crippen LogP contribution in [-0.4, -0.2) is 34.0 Å². The van der Waals surface area contributed by atoms with E-state index in [1.165, 1.54) is 18.4 Å². The highest BCUT2D eigenvalue weighted by Gasteiger charge is 2.07. The Morgan fingerprint density at radius 2 is 2.00 bits per heavy atom. The van der Waals surface area contributed by atoms with E-state index in [-0.39, 0.29) is 5.75 Å². The number of hydrogen-bond donors (Lipinski definition) is 1. The summed E-state index contributed by atoms with van der Waals surface area (Å²) in [5, 5.41) is 0. The number of halogens is 1. The fraction of sp³-hybridized carbons (Fsp3) is 0.400.